The zero-order valence-corrected chi connectivity index (χ0v) is 9.25. The van der Waals surface area contributed by atoms with Crippen LogP contribution >= 0.6 is 12.6 Å². The van der Waals surface area contributed by atoms with Crippen molar-refractivity contribution in [3.8, 4) is 0 Å². The van der Waals surface area contributed by atoms with Crippen LogP contribution in [0.2, 0.25) is 0 Å². The maximum absolute atomic E-state index is 4.56. The molecule has 0 fully saturated rings. The van der Waals surface area contributed by atoms with Crippen LogP contribution < -0.4 is 0 Å². The van der Waals surface area contributed by atoms with E-state index in [1.54, 1.807) is 0 Å². The Kier molecular flexibility index (Phi) is 2.52. The Morgan fingerprint density at radius 2 is 2.00 bits per heavy atom. The molecule has 0 saturated heterocycles. The van der Waals surface area contributed by atoms with Gasteiger partial charge in [0.1, 0.15) is 0 Å². The van der Waals surface area contributed by atoms with Crippen LogP contribution in [-0.4, -0.2) is 24.0 Å². The van der Waals surface area contributed by atoms with Crippen molar-refractivity contribution in [2.24, 2.45) is 0 Å². The number of nitrogens with zero attached hydrogens (tertiary/aromatic N) is 1. The third-order valence-electron chi connectivity index (χ3n) is 2.39. The standard InChI is InChI=1S/C11H14N2S/c1-13(2)11(14)9-7-12-10-6-4-3-5-8(9)10/h3-7,11-12,14H,1-2H3. The van der Waals surface area contributed by atoms with E-state index in [1.165, 1.54) is 16.5 Å². The van der Waals surface area contributed by atoms with E-state index in [0.717, 1.165) is 0 Å². The van der Waals surface area contributed by atoms with E-state index in [9.17, 15) is 0 Å². The van der Waals surface area contributed by atoms with Gasteiger partial charge in [0.25, 0.3) is 0 Å². The summed E-state index contributed by atoms with van der Waals surface area (Å²) in [6, 6.07) is 8.28. The van der Waals surface area contributed by atoms with Crippen molar-refractivity contribution >= 4 is 23.5 Å². The van der Waals surface area contributed by atoms with Gasteiger partial charge in [-0.1, -0.05) is 18.2 Å². The normalized spacial score (nSPS) is 13.7. The lowest BCUT2D eigenvalue weighted by atomic mass is 10.1. The second kappa shape index (κ2) is 3.67. The maximum Gasteiger partial charge on any atom is 0.0800 e. The van der Waals surface area contributed by atoms with Gasteiger partial charge in [-0.3, -0.25) is 4.90 Å². The van der Waals surface area contributed by atoms with Crippen LogP contribution in [0.4, 0.5) is 0 Å². The van der Waals surface area contributed by atoms with Gasteiger partial charge in [0.2, 0.25) is 0 Å². The molecule has 0 aliphatic carbocycles. The Hall–Kier alpha value is -0.930. The summed E-state index contributed by atoms with van der Waals surface area (Å²) in [6.45, 7) is 0. The minimum atomic E-state index is 0.145. The zero-order chi connectivity index (χ0) is 10.1. The van der Waals surface area contributed by atoms with E-state index in [0.29, 0.717) is 0 Å². The van der Waals surface area contributed by atoms with Gasteiger partial charge < -0.3 is 4.98 Å². The van der Waals surface area contributed by atoms with Crippen molar-refractivity contribution in [1.82, 2.24) is 9.88 Å². The van der Waals surface area contributed by atoms with Crippen LogP contribution in [0.25, 0.3) is 10.9 Å². The molecular formula is C11H14N2S. The highest BCUT2D eigenvalue weighted by molar-refractivity contribution is 7.80. The van der Waals surface area contributed by atoms with Gasteiger partial charge in [0.05, 0.1) is 5.37 Å². The van der Waals surface area contributed by atoms with Crippen molar-refractivity contribution in [2.75, 3.05) is 14.1 Å². The van der Waals surface area contributed by atoms with Crippen molar-refractivity contribution in [3.05, 3.63) is 36.0 Å². The molecule has 0 bridgehead atoms. The largest absolute Gasteiger partial charge is 0.361 e. The van der Waals surface area contributed by atoms with Crippen LogP contribution in [-0.2, 0) is 0 Å². The first-order valence-electron chi connectivity index (χ1n) is 4.60. The molecule has 0 amide bonds. The first kappa shape index (κ1) is 9.62. The molecule has 14 heavy (non-hydrogen) atoms. The van der Waals surface area contributed by atoms with Gasteiger partial charge in [0, 0.05) is 22.7 Å². The number of hydrogen-bond donors (Lipinski definition) is 2. The molecule has 1 heterocycles. The zero-order valence-electron chi connectivity index (χ0n) is 8.36. The number of thiol groups is 1. The number of rotatable bonds is 2. The van der Waals surface area contributed by atoms with Gasteiger partial charge >= 0.3 is 0 Å². The minimum absolute atomic E-state index is 0.145. The molecule has 0 saturated carbocycles. The lowest BCUT2D eigenvalue weighted by Crippen LogP contribution is -2.14. The van der Waals surface area contributed by atoms with E-state index in [4.69, 9.17) is 0 Å². The number of hydrogen-bond acceptors (Lipinski definition) is 2. The average molecular weight is 206 g/mol. The van der Waals surface area contributed by atoms with Crippen LogP contribution in [0.5, 0.6) is 0 Å². The van der Waals surface area contributed by atoms with Crippen LogP contribution in [0, 0.1) is 0 Å². The van der Waals surface area contributed by atoms with Crippen molar-refractivity contribution in [2.45, 2.75) is 5.37 Å². The molecule has 74 valence electrons. The maximum atomic E-state index is 4.56. The number of para-hydroxylation sites is 1. The molecule has 1 atom stereocenters. The fourth-order valence-electron chi connectivity index (χ4n) is 1.59. The van der Waals surface area contributed by atoms with Crippen molar-refractivity contribution < 1.29 is 0 Å². The SMILES string of the molecule is CN(C)C(S)c1c[nH]c2ccccc12. The van der Waals surface area contributed by atoms with Gasteiger partial charge in [-0.2, -0.15) is 12.6 Å². The molecule has 2 nitrogen and oxygen atoms in total. The molecule has 0 spiro atoms. The highest BCUT2D eigenvalue weighted by Gasteiger charge is 2.12. The summed E-state index contributed by atoms with van der Waals surface area (Å²) in [4.78, 5) is 5.33. The van der Waals surface area contributed by atoms with Crippen LogP contribution in [0.3, 0.4) is 0 Å². The summed E-state index contributed by atoms with van der Waals surface area (Å²) < 4.78 is 0. The molecule has 3 heteroatoms. The predicted molar refractivity (Wildman–Crippen MR) is 63.7 cm³/mol. The van der Waals surface area contributed by atoms with Gasteiger partial charge in [-0.15, -0.1) is 0 Å². The molecule has 2 aromatic rings. The first-order valence-corrected chi connectivity index (χ1v) is 5.12. The average Bonchev–Trinajstić information content (AvgIpc) is 2.60. The summed E-state index contributed by atoms with van der Waals surface area (Å²) in [6.07, 6.45) is 2.03. The number of benzene rings is 1. The Labute approximate surface area is 89.3 Å². The second-order valence-electron chi connectivity index (χ2n) is 3.63. The highest BCUT2D eigenvalue weighted by Crippen LogP contribution is 2.28. The Morgan fingerprint density at radius 1 is 1.29 bits per heavy atom. The molecule has 1 aromatic carbocycles. The Morgan fingerprint density at radius 3 is 2.71 bits per heavy atom. The van der Waals surface area contributed by atoms with Gasteiger partial charge in [0.15, 0.2) is 0 Å². The molecule has 0 aliphatic rings. The van der Waals surface area contributed by atoms with Crippen molar-refractivity contribution in [3.63, 3.8) is 0 Å². The quantitative estimate of drug-likeness (QED) is 0.571. The summed E-state index contributed by atoms with van der Waals surface area (Å²) in [7, 11) is 4.05. The molecule has 0 radical (unpaired) electrons. The number of aromatic amines is 1. The molecule has 1 unspecified atom stereocenters. The Bertz CT molecular complexity index is 434. The van der Waals surface area contributed by atoms with Crippen LogP contribution in [0.15, 0.2) is 30.5 Å². The monoisotopic (exact) mass is 206 g/mol. The summed E-state index contributed by atoms with van der Waals surface area (Å²) in [5.74, 6) is 0. The van der Waals surface area contributed by atoms with Crippen molar-refractivity contribution in [1.29, 1.82) is 0 Å². The number of aromatic nitrogens is 1. The molecule has 1 aromatic heterocycles. The molecule has 2 rings (SSSR count). The molecule has 0 aliphatic heterocycles. The second-order valence-corrected chi connectivity index (χ2v) is 4.12. The summed E-state index contributed by atoms with van der Waals surface area (Å²) in [5, 5.41) is 1.40. The van der Waals surface area contributed by atoms with Gasteiger partial charge in [-0.05, 0) is 20.2 Å². The van der Waals surface area contributed by atoms with Crippen LogP contribution in [0.1, 0.15) is 10.9 Å². The molecule has 1 N–H and O–H groups in total. The summed E-state index contributed by atoms with van der Waals surface area (Å²) in [5.41, 5.74) is 2.40. The highest BCUT2D eigenvalue weighted by atomic mass is 32.1. The third kappa shape index (κ3) is 1.53. The van der Waals surface area contributed by atoms with E-state index >= 15 is 0 Å². The number of nitrogens with one attached hydrogen (secondary N) is 1. The Balaban J connectivity index is 2.53. The lowest BCUT2D eigenvalue weighted by Gasteiger charge is -2.17. The summed E-state index contributed by atoms with van der Waals surface area (Å²) >= 11 is 4.56. The van der Waals surface area contributed by atoms with Gasteiger partial charge in [-0.25, -0.2) is 0 Å². The van der Waals surface area contributed by atoms with E-state index in [-0.39, 0.29) is 5.37 Å². The van der Waals surface area contributed by atoms with E-state index in [1.807, 2.05) is 26.4 Å². The first-order chi connectivity index (χ1) is 6.70. The van der Waals surface area contributed by atoms with E-state index < -0.39 is 0 Å². The fourth-order valence-corrected chi connectivity index (χ4v) is 1.80. The minimum Gasteiger partial charge on any atom is -0.361 e. The van der Waals surface area contributed by atoms with E-state index in [2.05, 4.69) is 40.7 Å². The number of fused-ring (bicyclic) bond motifs is 1. The smallest absolute Gasteiger partial charge is 0.0800 e. The fraction of sp³-hybridized carbons (Fsp3) is 0.273. The number of H-pyrrole nitrogens is 1. The predicted octanol–water partition coefficient (Wildman–Crippen LogP) is 2.66. The topological polar surface area (TPSA) is 19.0 Å². The third-order valence-corrected chi connectivity index (χ3v) is 3.13. The molecular weight excluding hydrogens is 192 g/mol. The lowest BCUT2D eigenvalue weighted by molar-refractivity contribution is 0.395.